The Morgan fingerprint density at radius 3 is 2.37 bits per heavy atom. The molecule has 0 radical (unpaired) electrons. The summed E-state index contributed by atoms with van der Waals surface area (Å²) in [5.74, 6) is -2.29. The number of aliphatic imine (C=N–C) groups is 1. The van der Waals surface area contributed by atoms with Crippen LogP contribution in [0.2, 0.25) is 0 Å². The maximum atomic E-state index is 12.9. The summed E-state index contributed by atoms with van der Waals surface area (Å²) in [6, 6.07) is 8.41. The van der Waals surface area contributed by atoms with Gasteiger partial charge >= 0.3 is 11.9 Å². The normalized spacial score (nSPS) is 16.8. The third kappa shape index (κ3) is 8.45. The molecule has 1 fully saturated rings. The molecule has 35 heavy (non-hydrogen) atoms. The standard InChI is InChI=1S/C20H25FN6.C4H4O4/c21-16-14-24-20(25-15-16)27-12-10-26(11-13-27)9-3-7-22-19-6-8-23-18-5-2-1-4-17(18)19;5-3(6)1-2-4(7)8/h1-2,4-5,14-15,23H,3,6-13H2;1-2H,(H,5,6)(H,7,8). The molecule has 3 heterocycles. The molecule has 0 spiro atoms. The smallest absolute Gasteiger partial charge is 0.328 e. The van der Waals surface area contributed by atoms with E-state index in [4.69, 9.17) is 15.2 Å². The highest BCUT2D eigenvalue weighted by atomic mass is 19.1. The van der Waals surface area contributed by atoms with Crippen molar-refractivity contribution in [3.63, 3.8) is 0 Å². The van der Waals surface area contributed by atoms with E-state index in [1.165, 1.54) is 29.4 Å². The number of aliphatic carboxylic acids is 2. The Hall–Kier alpha value is -3.86. The first-order valence-corrected chi connectivity index (χ1v) is 11.4. The van der Waals surface area contributed by atoms with Gasteiger partial charge in [-0.3, -0.25) is 9.89 Å². The van der Waals surface area contributed by atoms with Crippen LogP contribution in [0.1, 0.15) is 18.4 Å². The van der Waals surface area contributed by atoms with Crippen molar-refractivity contribution in [1.29, 1.82) is 0 Å². The Morgan fingerprint density at radius 2 is 1.71 bits per heavy atom. The lowest BCUT2D eigenvalue weighted by Gasteiger charge is -2.34. The van der Waals surface area contributed by atoms with E-state index in [2.05, 4.69) is 49.4 Å². The van der Waals surface area contributed by atoms with E-state index in [-0.39, 0.29) is 0 Å². The summed E-state index contributed by atoms with van der Waals surface area (Å²) in [7, 11) is 0. The van der Waals surface area contributed by atoms with Crippen LogP contribution in [0.3, 0.4) is 0 Å². The van der Waals surface area contributed by atoms with Crippen LogP contribution < -0.4 is 10.2 Å². The van der Waals surface area contributed by atoms with Gasteiger partial charge in [0.25, 0.3) is 0 Å². The van der Waals surface area contributed by atoms with E-state index < -0.39 is 17.8 Å². The van der Waals surface area contributed by atoms with Gasteiger partial charge in [0.2, 0.25) is 5.95 Å². The summed E-state index contributed by atoms with van der Waals surface area (Å²) in [4.78, 5) is 36.7. The molecule has 2 aromatic rings. The lowest BCUT2D eigenvalue weighted by atomic mass is 10.0. The number of carboxylic acids is 2. The van der Waals surface area contributed by atoms with E-state index in [0.29, 0.717) is 18.1 Å². The zero-order chi connectivity index (χ0) is 25.0. The minimum absolute atomic E-state index is 0.393. The van der Waals surface area contributed by atoms with Crippen molar-refractivity contribution >= 4 is 29.3 Å². The summed E-state index contributed by atoms with van der Waals surface area (Å²) < 4.78 is 12.9. The molecule has 0 unspecified atom stereocenters. The van der Waals surface area contributed by atoms with Crippen LogP contribution in [0, 0.1) is 5.82 Å². The number of anilines is 2. The van der Waals surface area contributed by atoms with Crippen LogP contribution in [0.15, 0.2) is 53.8 Å². The molecule has 0 bridgehead atoms. The van der Waals surface area contributed by atoms with Gasteiger partial charge in [0.05, 0.1) is 12.4 Å². The van der Waals surface area contributed by atoms with Gasteiger partial charge in [-0.25, -0.2) is 23.9 Å². The van der Waals surface area contributed by atoms with Gasteiger partial charge in [0.15, 0.2) is 5.82 Å². The summed E-state index contributed by atoms with van der Waals surface area (Å²) in [6.07, 6.45) is 5.63. The minimum atomic E-state index is -1.26. The average Bonchev–Trinajstić information content (AvgIpc) is 2.87. The van der Waals surface area contributed by atoms with Crippen LogP contribution in [0.25, 0.3) is 0 Å². The topological polar surface area (TPSA) is 131 Å². The number of piperazine rings is 1. The number of para-hydroxylation sites is 1. The third-order valence-electron chi connectivity index (χ3n) is 5.48. The third-order valence-corrected chi connectivity index (χ3v) is 5.48. The van der Waals surface area contributed by atoms with Crippen LogP contribution in [-0.2, 0) is 9.59 Å². The SMILES string of the molecule is Fc1cnc(N2CCN(CCCN=C3CCNc4ccccc43)CC2)nc1.O=C(O)C=CC(=O)O. The number of hydrogen-bond donors (Lipinski definition) is 3. The van der Waals surface area contributed by atoms with Gasteiger partial charge in [-0.2, -0.15) is 0 Å². The number of fused-ring (bicyclic) bond motifs is 1. The quantitative estimate of drug-likeness (QED) is 0.399. The van der Waals surface area contributed by atoms with Crippen LogP contribution in [0.4, 0.5) is 16.0 Å². The van der Waals surface area contributed by atoms with Crippen LogP contribution in [-0.4, -0.2) is 88.5 Å². The van der Waals surface area contributed by atoms with E-state index >= 15 is 0 Å². The van der Waals surface area contributed by atoms with Crippen molar-refractivity contribution in [1.82, 2.24) is 14.9 Å². The molecule has 10 nitrogen and oxygen atoms in total. The van der Waals surface area contributed by atoms with Crippen LogP contribution in [0.5, 0.6) is 0 Å². The fourth-order valence-electron chi connectivity index (χ4n) is 3.79. The van der Waals surface area contributed by atoms with Crippen molar-refractivity contribution in [3.05, 3.63) is 60.2 Å². The second-order valence-electron chi connectivity index (χ2n) is 7.94. The molecular weight excluding hydrogens is 455 g/mol. The van der Waals surface area contributed by atoms with Crippen LogP contribution >= 0.6 is 0 Å². The second kappa shape index (κ2) is 13.1. The highest BCUT2D eigenvalue weighted by Crippen LogP contribution is 2.21. The number of rotatable bonds is 7. The molecule has 3 N–H and O–H groups in total. The highest BCUT2D eigenvalue weighted by molar-refractivity contribution is 6.06. The predicted octanol–water partition coefficient (Wildman–Crippen LogP) is 2.14. The second-order valence-corrected chi connectivity index (χ2v) is 7.94. The van der Waals surface area contributed by atoms with Gasteiger partial charge in [-0.15, -0.1) is 0 Å². The number of carboxylic acid groups (broad SMARTS) is 2. The Morgan fingerprint density at radius 1 is 1.06 bits per heavy atom. The van der Waals surface area contributed by atoms with Crippen molar-refractivity contribution in [2.45, 2.75) is 12.8 Å². The maximum absolute atomic E-state index is 12.9. The molecule has 1 aromatic carbocycles. The lowest BCUT2D eigenvalue weighted by molar-refractivity contribution is -0.134. The monoisotopic (exact) mass is 484 g/mol. The van der Waals surface area contributed by atoms with Gasteiger partial charge in [-0.1, -0.05) is 18.2 Å². The molecule has 1 aromatic heterocycles. The largest absolute Gasteiger partial charge is 0.478 e. The van der Waals surface area contributed by atoms with Gasteiger partial charge in [-0.05, 0) is 12.5 Å². The molecule has 0 aliphatic carbocycles. The fourth-order valence-corrected chi connectivity index (χ4v) is 3.79. The number of carbonyl (C=O) groups is 2. The molecule has 186 valence electrons. The van der Waals surface area contributed by atoms with E-state index in [1.807, 2.05) is 0 Å². The van der Waals surface area contributed by atoms with E-state index in [9.17, 15) is 14.0 Å². The van der Waals surface area contributed by atoms with Crippen molar-refractivity contribution in [3.8, 4) is 0 Å². The molecule has 2 aliphatic heterocycles. The maximum Gasteiger partial charge on any atom is 0.328 e. The zero-order valence-corrected chi connectivity index (χ0v) is 19.3. The first kappa shape index (κ1) is 25.8. The van der Waals surface area contributed by atoms with Gasteiger partial charge < -0.3 is 20.4 Å². The number of aromatic nitrogens is 2. The summed E-state index contributed by atoms with van der Waals surface area (Å²) in [5, 5.41) is 19.1. The number of nitrogens with one attached hydrogen (secondary N) is 1. The van der Waals surface area contributed by atoms with Gasteiger partial charge in [0, 0.05) is 81.3 Å². The summed E-state index contributed by atoms with van der Waals surface area (Å²) in [5.41, 5.74) is 3.67. The molecule has 1 saturated heterocycles. The molecule has 0 amide bonds. The number of hydrogen-bond acceptors (Lipinski definition) is 8. The number of benzene rings is 1. The summed E-state index contributed by atoms with van der Waals surface area (Å²) >= 11 is 0. The average molecular weight is 485 g/mol. The minimum Gasteiger partial charge on any atom is -0.478 e. The number of halogens is 1. The Bertz CT molecular complexity index is 1040. The lowest BCUT2D eigenvalue weighted by Crippen LogP contribution is -2.47. The molecule has 4 rings (SSSR count). The molecule has 0 saturated carbocycles. The number of nitrogens with zero attached hydrogens (tertiary/aromatic N) is 5. The van der Waals surface area contributed by atoms with E-state index in [0.717, 1.165) is 58.7 Å². The fraction of sp³-hybridized carbons (Fsp3) is 0.375. The van der Waals surface area contributed by atoms with Crippen molar-refractivity contribution < 1.29 is 24.2 Å². The highest BCUT2D eigenvalue weighted by Gasteiger charge is 2.19. The summed E-state index contributed by atoms with van der Waals surface area (Å²) in [6.45, 7) is 6.58. The first-order valence-electron chi connectivity index (χ1n) is 11.4. The molecule has 11 heteroatoms. The molecule has 0 atom stereocenters. The Kier molecular flexibility index (Phi) is 9.67. The first-order chi connectivity index (χ1) is 16.9. The molecule has 2 aliphatic rings. The van der Waals surface area contributed by atoms with E-state index in [1.54, 1.807) is 0 Å². The molecular formula is C24H29FN6O4. The zero-order valence-electron chi connectivity index (χ0n) is 19.3. The predicted molar refractivity (Wildman–Crippen MR) is 131 cm³/mol. The Labute approximate surface area is 202 Å². The van der Waals surface area contributed by atoms with Crippen molar-refractivity contribution in [2.75, 3.05) is 56.0 Å². The van der Waals surface area contributed by atoms with Gasteiger partial charge in [0.1, 0.15) is 0 Å². The Balaban J connectivity index is 0.000000371. The van der Waals surface area contributed by atoms with Crippen molar-refractivity contribution in [2.24, 2.45) is 4.99 Å².